The van der Waals surface area contributed by atoms with E-state index < -0.39 is 0 Å². The molecule has 0 amide bonds. The molecule has 0 saturated carbocycles. The van der Waals surface area contributed by atoms with Gasteiger partial charge in [-0.15, -0.1) is 11.3 Å². The second-order valence-corrected chi connectivity index (χ2v) is 8.21. The molecule has 0 atom stereocenters. The zero-order valence-electron chi connectivity index (χ0n) is 18.8. The lowest BCUT2D eigenvalue weighted by atomic mass is 10.2. The molecule has 0 bridgehead atoms. The maximum Gasteiger partial charge on any atom is 0.338 e. The fraction of sp³-hybridized carbons (Fsp3) is 0.269. The summed E-state index contributed by atoms with van der Waals surface area (Å²) >= 11 is 1.41. The van der Waals surface area contributed by atoms with Gasteiger partial charge in [-0.2, -0.15) is 5.26 Å². The average Bonchev–Trinajstić information content (AvgIpc) is 3.35. The summed E-state index contributed by atoms with van der Waals surface area (Å²) in [5.41, 5.74) is 3.45. The highest BCUT2D eigenvalue weighted by atomic mass is 32.1. The molecule has 2 aromatic carbocycles. The molecule has 3 rings (SSSR count). The number of ether oxygens (including phenoxy) is 2. The quantitative estimate of drug-likeness (QED) is 0.198. The summed E-state index contributed by atoms with van der Waals surface area (Å²) in [6.07, 6.45) is 5.88. The number of carbonyl (C=O) groups is 1. The number of allylic oxidation sites excluding steroid dienone is 1. The minimum absolute atomic E-state index is 0.319. The number of nitrogens with one attached hydrogen (secondary N) is 1. The van der Waals surface area contributed by atoms with Crippen molar-refractivity contribution >= 4 is 28.6 Å². The van der Waals surface area contributed by atoms with E-state index >= 15 is 0 Å². The summed E-state index contributed by atoms with van der Waals surface area (Å²) in [5.74, 6) is 0.461. The van der Waals surface area contributed by atoms with Crippen LogP contribution in [0.3, 0.4) is 0 Å². The van der Waals surface area contributed by atoms with Gasteiger partial charge in [0.1, 0.15) is 22.4 Å². The Labute approximate surface area is 198 Å². The van der Waals surface area contributed by atoms with Crippen LogP contribution in [0, 0.1) is 11.3 Å². The molecule has 3 aromatic rings. The van der Waals surface area contributed by atoms with Gasteiger partial charge in [0, 0.05) is 22.8 Å². The van der Waals surface area contributed by atoms with Gasteiger partial charge >= 0.3 is 5.97 Å². The molecular weight excluding hydrogens is 434 g/mol. The van der Waals surface area contributed by atoms with E-state index in [1.165, 1.54) is 11.3 Å². The molecule has 0 aliphatic heterocycles. The van der Waals surface area contributed by atoms with Crippen molar-refractivity contribution in [2.45, 2.75) is 32.6 Å². The molecular formula is C26H27N3O3S. The molecule has 0 fully saturated rings. The Kier molecular flexibility index (Phi) is 9.04. The van der Waals surface area contributed by atoms with E-state index in [-0.39, 0.29) is 5.97 Å². The SMILES string of the molecule is CCCCCCOC(=O)c1ccc(N/C=C(/C#N)c2nc(-c3ccc(OC)cc3)cs2)cc1. The maximum atomic E-state index is 12.1. The Morgan fingerprint density at radius 3 is 2.55 bits per heavy atom. The number of unbranched alkanes of at least 4 members (excludes halogenated alkanes) is 3. The predicted molar refractivity (Wildman–Crippen MR) is 132 cm³/mol. The number of aromatic nitrogens is 1. The predicted octanol–water partition coefficient (Wildman–Crippen LogP) is 6.53. The van der Waals surface area contributed by atoms with Gasteiger partial charge in [-0.25, -0.2) is 9.78 Å². The van der Waals surface area contributed by atoms with E-state index in [1.807, 2.05) is 29.6 Å². The van der Waals surface area contributed by atoms with Crippen LogP contribution in [0.15, 0.2) is 60.1 Å². The molecule has 0 unspecified atom stereocenters. The minimum Gasteiger partial charge on any atom is -0.497 e. The van der Waals surface area contributed by atoms with Gasteiger partial charge < -0.3 is 14.8 Å². The molecule has 7 heteroatoms. The largest absolute Gasteiger partial charge is 0.497 e. The fourth-order valence-electron chi connectivity index (χ4n) is 3.07. The molecule has 1 N–H and O–H groups in total. The third kappa shape index (κ3) is 6.93. The fourth-order valence-corrected chi connectivity index (χ4v) is 3.86. The van der Waals surface area contributed by atoms with Gasteiger partial charge in [-0.1, -0.05) is 26.2 Å². The van der Waals surface area contributed by atoms with E-state index in [1.54, 1.807) is 37.6 Å². The lowest BCUT2D eigenvalue weighted by Gasteiger charge is -2.06. The Balaban J connectivity index is 1.59. The standard InChI is InChI=1S/C26H27N3O3S/c1-3-4-5-6-15-32-26(30)20-7-11-22(12-8-20)28-17-21(16-27)25-29-24(18-33-25)19-9-13-23(31-2)14-10-19/h7-14,17-18,28H,3-6,15H2,1-2H3/b21-17-. The normalized spacial score (nSPS) is 11.0. The number of carbonyl (C=O) groups excluding carboxylic acids is 1. The first-order valence-electron chi connectivity index (χ1n) is 10.9. The van der Waals surface area contributed by atoms with Crippen molar-refractivity contribution in [3.8, 4) is 23.1 Å². The molecule has 0 saturated heterocycles. The van der Waals surface area contributed by atoms with Crippen molar-refractivity contribution in [1.29, 1.82) is 5.26 Å². The summed E-state index contributed by atoms with van der Waals surface area (Å²) < 4.78 is 10.5. The first kappa shape index (κ1) is 24.0. The molecule has 170 valence electrons. The van der Waals surface area contributed by atoms with Gasteiger partial charge in [0.2, 0.25) is 0 Å². The number of esters is 1. The van der Waals surface area contributed by atoms with Crippen LogP contribution in [0.4, 0.5) is 5.69 Å². The summed E-state index contributed by atoms with van der Waals surface area (Å²) in [6.45, 7) is 2.59. The lowest BCUT2D eigenvalue weighted by Crippen LogP contribution is -2.06. The number of benzene rings is 2. The Morgan fingerprint density at radius 1 is 1.12 bits per heavy atom. The minimum atomic E-state index is -0.319. The van der Waals surface area contributed by atoms with Crippen LogP contribution in [0.5, 0.6) is 5.75 Å². The van der Waals surface area contributed by atoms with Crippen LogP contribution in [-0.4, -0.2) is 24.7 Å². The van der Waals surface area contributed by atoms with Crippen molar-refractivity contribution in [2.75, 3.05) is 19.0 Å². The van der Waals surface area contributed by atoms with E-state index in [0.29, 0.717) is 22.8 Å². The van der Waals surface area contributed by atoms with E-state index in [9.17, 15) is 10.1 Å². The second kappa shape index (κ2) is 12.4. The number of hydrogen-bond acceptors (Lipinski definition) is 7. The Hall–Kier alpha value is -3.63. The number of hydrogen-bond donors (Lipinski definition) is 1. The van der Waals surface area contributed by atoms with Crippen molar-refractivity contribution in [2.24, 2.45) is 0 Å². The number of nitrogens with zero attached hydrogens (tertiary/aromatic N) is 2. The van der Waals surface area contributed by atoms with E-state index in [0.717, 1.165) is 48.4 Å². The van der Waals surface area contributed by atoms with Crippen LogP contribution < -0.4 is 10.1 Å². The van der Waals surface area contributed by atoms with Crippen LogP contribution in [-0.2, 0) is 4.74 Å². The third-order valence-corrected chi connectivity index (χ3v) is 5.85. The van der Waals surface area contributed by atoms with Crippen molar-refractivity contribution in [3.05, 3.63) is 70.7 Å². The highest BCUT2D eigenvalue weighted by Crippen LogP contribution is 2.27. The van der Waals surface area contributed by atoms with Crippen molar-refractivity contribution < 1.29 is 14.3 Å². The molecule has 0 aliphatic carbocycles. The summed E-state index contributed by atoms with van der Waals surface area (Å²) in [7, 11) is 1.63. The molecule has 0 aliphatic rings. The van der Waals surface area contributed by atoms with Gasteiger partial charge in [0.25, 0.3) is 0 Å². The van der Waals surface area contributed by atoms with Gasteiger partial charge in [-0.05, 0) is 55.0 Å². The van der Waals surface area contributed by atoms with Crippen molar-refractivity contribution in [3.63, 3.8) is 0 Å². The van der Waals surface area contributed by atoms with Gasteiger partial charge in [0.05, 0.1) is 25.0 Å². The zero-order chi connectivity index (χ0) is 23.5. The van der Waals surface area contributed by atoms with Crippen LogP contribution in [0.25, 0.3) is 16.8 Å². The molecule has 1 aromatic heterocycles. The Bertz CT molecular complexity index is 1110. The van der Waals surface area contributed by atoms with Gasteiger partial charge in [0.15, 0.2) is 0 Å². The summed E-state index contributed by atoms with van der Waals surface area (Å²) in [4.78, 5) is 16.7. The van der Waals surface area contributed by atoms with Crippen molar-refractivity contribution in [1.82, 2.24) is 4.98 Å². The van der Waals surface area contributed by atoms with E-state index in [4.69, 9.17) is 9.47 Å². The second-order valence-electron chi connectivity index (χ2n) is 7.35. The number of rotatable bonds is 11. The molecule has 0 spiro atoms. The first-order chi connectivity index (χ1) is 16.1. The van der Waals surface area contributed by atoms with Crippen LogP contribution in [0.1, 0.15) is 48.0 Å². The number of methoxy groups -OCH3 is 1. The topological polar surface area (TPSA) is 84.2 Å². The van der Waals surface area contributed by atoms with Gasteiger partial charge in [-0.3, -0.25) is 0 Å². The number of thiazole rings is 1. The monoisotopic (exact) mass is 461 g/mol. The zero-order valence-corrected chi connectivity index (χ0v) is 19.7. The van der Waals surface area contributed by atoms with Crippen LogP contribution >= 0.6 is 11.3 Å². The Morgan fingerprint density at radius 2 is 1.88 bits per heavy atom. The molecule has 6 nitrogen and oxygen atoms in total. The molecule has 0 radical (unpaired) electrons. The number of nitriles is 1. The summed E-state index contributed by atoms with van der Waals surface area (Å²) in [5, 5.41) is 15.2. The average molecular weight is 462 g/mol. The third-order valence-electron chi connectivity index (χ3n) is 4.98. The maximum absolute atomic E-state index is 12.1. The summed E-state index contributed by atoms with van der Waals surface area (Å²) in [6, 6.07) is 16.8. The lowest BCUT2D eigenvalue weighted by molar-refractivity contribution is 0.0498. The molecule has 1 heterocycles. The smallest absolute Gasteiger partial charge is 0.338 e. The molecule has 33 heavy (non-hydrogen) atoms. The first-order valence-corrected chi connectivity index (χ1v) is 11.8. The van der Waals surface area contributed by atoms with Crippen LogP contribution in [0.2, 0.25) is 0 Å². The highest BCUT2D eigenvalue weighted by Gasteiger charge is 2.10. The van der Waals surface area contributed by atoms with E-state index in [2.05, 4.69) is 23.3 Å². The number of anilines is 1. The highest BCUT2D eigenvalue weighted by molar-refractivity contribution is 7.11.